The van der Waals surface area contributed by atoms with E-state index >= 15 is 0 Å². The van der Waals surface area contributed by atoms with Crippen LogP contribution < -0.4 is 5.32 Å². The van der Waals surface area contributed by atoms with E-state index in [1.165, 1.54) is 45.1 Å². The predicted octanol–water partition coefficient (Wildman–Crippen LogP) is 2.00. The largest absolute Gasteiger partial charge is 0.315 e. The maximum absolute atomic E-state index is 3.51. The second-order valence-electron chi connectivity index (χ2n) is 4.98. The van der Waals surface area contributed by atoms with E-state index in [9.17, 15) is 0 Å². The molecule has 14 heavy (non-hydrogen) atoms. The molecular weight excluding hydrogens is 172 g/mol. The number of nitrogens with one attached hydrogen (secondary N) is 1. The number of likely N-dealkylation sites (tertiary alicyclic amines) is 1. The van der Waals surface area contributed by atoms with Crippen LogP contribution in [0.25, 0.3) is 0 Å². The van der Waals surface area contributed by atoms with E-state index in [-0.39, 0.29) is 0 Å². The number of nitrogens with zero attached hydrogens (tertiary/aromatic N) is 1. The van der Waals surface area contributed by atoms with E-state index in [4.69, 9.17) is 0 Å². The fourth-order valence-electron chi connectivity index (χ4n) is 3.29. The summed E-state index contributed by atoms with van der Waals surface area (Å²) in [5, 5.41) is 3.51. The van der Waals surface area contributed by atoms with Crippen molar-refractivity contribution in [2.75, 3.05) is 13.6 Å². The van der Waals surface area contributed by atoms with Crippen molar-refractivity contribution >= 4 is 0 Å². The Morgan fingerprint density at radius 3 is 2.50 bits per heavy atom. The van der Waals surface area contributed by atoms with Crippen LogP contribution in [0, 0.1) is 0 Å². The van der Waals surface area contributed by atoms with Gasteiger partial charge in [0.05, 0.1) is 0 Å². The lowest BCUT2D eigenvalue weighted by atomic mass is 9.89. The fourth-order valence-corrected chi connectivity index (χ4v) is 3.29. The molecule has 2 rings (SSSR count). The smallest absolute Gasteiger partial charge is 0.0252 e. The topological polar surface area (TPSA) is 15.3 Å². The molecule has 2 heteroatoms. The first-order valence-corrected chi connectivity index (χ1v) is 6.26. The summed E-state index contributed by atoms with van der Waals surface area (Å²) in [6, 6.07) is 2.41. The van der Waals surface area contributed by atoms with Gasteiger partial charge in [-0.15, -0.1) is 0 Å². The summed E-state index contributed by atoms with van der Waals surface area (Å²) in [7, 11) is 2.13. The van der Waals surface area contributed by atoms with Gasteiger partial charge in [0.2, 0.25) is 0 Å². The molecule has 3 atom stereocenters. The molecule has 0 spiro atoms. The zero-order chi connectivity index (χ0) is 9.97. The van der Waals surface area contributed by atoms with E-state index in [1.54, 1.807) is 0 Å². The minimum Gasteiger partial charge on any atom is -0.315 e. The lowest BCUT2D eigenvalue weighted by Crippen LogP contribution is -2.51. The van der Waals surface area contributed by atoms with Crippen LogP contribution in [0.3, 0.4) is 0 Å². The third kappa shape index (κ3) is 1.96. The highest BCUT2D eigenvalue weighted by Crippen LogP contribution is 2.29. The monoisotopic (exact) mass is 196 g/mol. The van der Waals surface area contributed by atoms with Crippen LogP contribution in [0.1, 0.15) is 45.4 Å². The molecule has 0 aromatic rings. The van der Waals surface area contributed by atoms with E-state index in [0.717, 1.165) is 18.1 Å². The molecule has 2 fully saturated rings. The third-order valence-corrected chi connectivity index (χ3v) is 4.13. The van der Waals surface area contributed by atoms with Crippen molar-refractivity contribution in [1.82, 2.24) is 10.2 Å². The molecule has 82 valence electrons. The zero-order valence-corrected chi connectivity index (χ0v) is 9.63. The molecule has 1 N–H and O–H groups in total. The molecule has 1 unspecified atom stereocenters. The lowest BCUT2D eigenvalue weighted by molar-refractivity contribution is 0.120. The number of likely N-dealkylation sites (N-methyl/N-ethyl adjacent to an activating group) is 1. The quantitative estimate of drug-likeness (QED) is 0.726. The first kappa shape index (κ1) is 10.4. The van der Waals surface area contributed by atoms with Crippen molar-refractivity contribution in [2.45, 2.75) is 63.6 Å². The average Bonchev–Trinajstić information content (AvgIpc) is 2.64. The van der Waals surface area contributed by atoms with Crippen molar-refractivity contribution < 1.29 is 0 Å². The van der Waals surface area contributed by atoms with Crippen molar-refractivity contribution in [1.29, 1.82) is 0 Å². The lowest BCUT2D eigenvalue weighted by Gasteiger charge is -2.40. The maximum atomic E-state index is 3.51. The van der Waals surface area contributed by atoms with Crippen LogP contribution in [0.5, 0.6) is 0 Å². The first-order chi connectivity index (χ1) is 6.83. The molecule has 1 saturated carbocycles. The van der Waals surface area contributed by atoms with Crippen LogP contribution in [0.4, 0.5) is 0 Å². The highest BCUT2D eigenvalue weighted by Gasteiger charge is 2.33. The van der Waals surface area contributed by atoms with Gasteiger partial charge in [0.15, 0.2) is 0 Å². The van der Waals surface area contributed by atoms with Crippen LogP contribution in [-0.4, -0.2) is 36.6 Å². The number of hydrogen-bond acceptors (Lipinski definition) is 2. The van der Waals surface area contributed by atoms with Gasteiger partial charge in [0.25, 0.3) is 0 Å². The van der Waals surface area contributed by atoms with Gasteiger partial charge in [0, 0.05) is 18.1 Å². The minimum absolute atomic E-state index is 0.754. The molecule has 0 bridgehead atoms. The Bertz CT molecular complexity index is 181. The van der Waals surface area contributed by atoms with Crippen LogP contribution in [0.15, 0.2) is 0 Å². The highest BCUT2D eigenvalue weighted by atomic mass is 15.2. The second kappa shape index (κ2) is 4.63. The molecule has 0 amide bonds. The Hall–Kier alpha value is -0.0800. The predicted molar refractivity (Wildman–Crippen MR) is 60.5 cm³/mol. The van der Waals surface area contributed by atoms with Crippen LogP contribution in [0.2, 0.25) is 0 Å². The van der Waals surface area contributed by atoms with Gasteiger partial charge in [-0.05, 0) is 46.2 Å². The third-order valence-electron chi connectivity index (χ3n) is 4.13. The molecule has 0 aromatic heterocycles. The Morgan fingerprint density at radius 1 is 1.07 bits per heavy atom. The van der Waals surface area contributed by atoms with Crippen molar-refractivity contribution in [3.63, 3.8) is 0 Å². The van der Waals surface area contributed by atoms with Gasteiger partial charge in [-0.1, -0.05) is 12.8 Å². The molecule has 1 heterocycles. The van der Waals surface area contributed by atoms with Gasteiger partial charge in [-0.3, -0.25) is 4.90 Å². The Kier molecular flexibility index (Phi) is 3.45. The van der Waals surface area contributed by atoms with Crippen molar-refractivity contribution in [2.24, 2.45) is 0 Å². The Labute approximate surface area is 88.1 Å². The Morgan fingerprint density at radius 2 is 1.86 bits per heavy atom. The maximum Gasteiger partial charge on any atom is 0.0252 e. The molecule has 2 aliphatic rings. The minimum atomic E-state index is 0.754. The first-order valence-electron chi connectivity index (χ1n) is 6.26. The summed E-state index contributed by atoms with van der Waals surface area (Å²) in [6.07, 6.45) is 8.47. The van der Waals surface area contributed by atoms with Gasteiger partial charge in [-0.2, -0.15) is 0 Å². The molecule has 1 saturated heterocycles. The van der Waals surface area contributed by atoms with Gasteiger partial charge in [0.1, 0.15) is 0 Å². The summed E-state index contributed by atoms with van der Waals surface area (Å²) in [4.78, 5) is 2.75. The van der Waals surface area contributed by atoms with Gasteiger partial charge < -0.3 is 5.32 Å². The standard InChI is InChI=1S/C12H24N2/c1-10-6-5-9-14(10)12-8-4-3-7-11(12)13-2/h10-13H,3-9H2,1-2H3/t10?,11-,12-/m0/s1. The summed E-state index contributed by atoms with van der Waals surface area (Å²) in [6.45, 7) is 3.73. The van der Waals surface area contributed by atoms with Crippen molar-refractivity contribution in [3.8, 4) is 0 Å². The summed E-state index contributed by atoms with van der Waals surface area (Å²) in [5.41, 5.74) is 0. The van der Waals surface area contributed by atoms with Gasteiger partial charge >= 0.3 is 0 Å². The number of rotatable bonds is 2. The molecule has 1 aliphatic heterocycles. The molecule has 0 aromatic carbocycles. The van der Waals surface area contributed by atoms with Gasteiger partial charge in [-0.25, -0.2) is 0 Å². The molecule has 2 nitrogen and oxygen atoms in total. The second-order valence-corrected chi connectivity index (χ2v) is 4.98. The van der Waals surface area contributed by atoms with E-state index in [0.29, 0.717) is 0 Å². The van der Waals surface area contributed by atoms with Crippen LogP contribution >= 0.6 is 0 Å². The van der Waals surface area contributed by atoms with E-state index in [2.05, 4.69) is 24.2 Å². The van der Waals surface area contributed by atoms with E-state index in [1.807, 2.05) is 0 Å². The SMILES string of the molecule is CN[C@H]1CCCC[C@@H]1N1CCCC1C. The van der Waals surface area contributed by atoms with Crippen molar-refractivity contribution in [3.05, 3.63) is 0 Å². The summed E-state index contributed by atoms with van der Waals surface area (Å²) < 4.78 is 0. The van der Waals surface area contributed by atoms with Crippen LogP contribution in [-0.2, 0) is 0 Å². The fraction of sp³-hybridized carbons (Fsp3) is 1.00. The summed E-state index contributed by atoms with van der Waals surface area (Å²) in [5.74, 6) is 0. The molecule has 1 aliphatic carbocycles. The number of hydrogen-bond donors (Lipinski definition) is 1. The highest BCUT2D eigenvalue weighted by molar-refractivity contribution is 4.91. The molecular formula is C12H24N2. The zero-order valence-electron chi connectivity index (χ0n) is 9.63. The Balaban J connectivity index is 1.99. The average molecular weight is 196 g/mol. The molecule has 0 radical (unpaired) electrons. The van der Waals surface area contributed by atoms with E-state index < -0.39 is 0 Å². The summed E-state index contributed by atoms with van der Waals surface area (Å²) >= 11 is 0. The normalized spacial score (nSPS) is 40.3.